The molecule has 24 heavy (non-hydrogen) atoms. The molecule has 0 aliphatic heterocycles. The monoisotopic (exact) mass is 398 g/mol. The second-order valence-corrected chi connectivity index (χ2v) is 9.20. The van der Waals surface area contributed by atoms with Crippen molar-refractivity contribution >= 4 is 43.3 Å². The predicted molar refractivity (Wildman–Crippen MR) is 92.4 cm³/mol. The van der Waals surface area contributed by atoms with Crippen LogP contribution in [0.3, 0.4) is 0 Å². The molecule has 0 heterocycles. The molecule has 0 aliphatic rings. The van der Waals surface area contributed by atoms with Gasteiger partial charge in [-0.1, -0.05) is 11.6 Å². The lowest BCUT2D eigenvalue weighted by molar-refractivity contribution is 0.0600. The fourth-order valence-electron chi connectivity index (χ4n) is 1.82. The number of nitrogens with zero attached hydrogens (tertiary/aromatic N) is 1. The first-order chi connectivity index (χ1) is 11.0. The Hall–Kier alpha value is -1.36. The Morgan fingerprint density at radius 2 is 1.92 bits per heavy atom. The summed E-state index contributed by atoms with van der Waals surface area (Å²) in [5, 5.41) is 0.103. The number of hydrogen-bond acceptors (Lipinski definition) is 6. The maximum absolute atomic E-state index is 12.0. The molecule has 0 atom stereocenters. The molecule has 0 radical (unpaired) electrons. The van der Waals surface area contributed by atoms with Gasteiger partial charge in [0, 0.05) is 13.1 Å². The largest absolute Gasteiger partial charge is 0.465 e. The van der Waals surface area contributed by atoms with Crippen LogP contribution in [0.5, 0.6) is 0 Å². The summed E-state index contributed by atoms with van der Waals surface area (Å²) in [6.07, 6.45) is 0.961. The van der Waals surface area contributed by atoms with E-state index in [1.807, 2.05) is 0 Å². The maximum atomic E-state index is 12.0. The Labute approximate surface area is 146 Å². The number of rotatable bonds is 8. The number of anilines is 1. The molecule has 11 heteroatoms. The fraction of sp³-hybridized carbons (Fsp3) is 0.462. The van der Waals surface area contributed by atoms with E-state index >= 15 is 0 Å². The molecular weight excluding hydrogens is 380 g/mol. The second-order valence-electron chi connectivity index (χ2n) is 4.79. The van der Waals surface area contributed by atoms with Crippen LogP contribution in [0, 0.1) is 0 Å². The molecular formula is C13H19ClN2O6S2. The maximum Gasteiger partial charge on any atom is 0.337 e. The normalized spacial score (nSPS) is 12.0. The summed E-state index contributed by atoms with van der Waals surface area (Å²) in [5.74, 6) is -0.766. The van der Waals surface area contributed by atoms with Crippen molar-refractivity contribution in [3.63, 3.8) is 0 Å². The number of hydrogen-bond donors (Lipinski definition) is 1. The first-order valence-corrected chi connectivity index (χ1v) is 10.7. The molecule has 8 nitrogen and oxygen atoms in total. The van der Waals surface area contributed by atoms with Gasteiger partial charge in [0.05, 0.1) is 35.4 Å². The summed E-state index contributed by atoms with van der Waals surface area (Å²) in [6, 6.07) is 4.05. The standard InChI is InChI=1S/C13H19ClN2O6S2/c1-4-24(20,21)15-7-8-16(23(3,18)19)12-9-10(13(17)22-2)5-6-11(12)14/h5-6,9,15H,4,7-8H2,1-3H3. The van der Waals surface area contributed by atoms with Crippen molar-refractivity contribution in [3.05, 3.63) is 28.8 Å². The molecule has 1 aromatic rings. The predicted octanol–water partition coefficient (Wildman–Crippen LogP) is 0.832. The van der Waals surface area contributed by atoms with Gasteiger partial charge in [-0.15, -0.1) is 0 Å². The molecule has 0 fully saturated rings. The van der Waals surface area contributed by atoms with Crippen LogP contribution in [-0.2, 0) is 24.8 Å². The fourth-order valence-corrected chi connectivity index (χ4v) is 3.63. The molecule has 0 saturated carbocycles. The molecule has 0 unspecified atom stereocenters. The number of nitrogens with one attached hydrogen (secondary N) is 1. The Balaban J connectivity index is 3.16. The number of benzene rings is 1. The minimum absolute atomic E-state index is 0.0674. The van der Waals surface area contributed by atoms with Crippen molar-refractivity contribution in [2.24, 2.45) is 0 Å². The van der Waals surface area contributed by atoms with E-state index in [0.717, 1.165) is 10.6 Å². The van der Waals surface area contributed by atoms with Gasteiger partial charge in [-0.2, -0.15) is 0 Å². The molecule has 0 saturated heterocycles. The van der Waals surface area contributed by atoms with Crippen LogP contribution >= 0.6 is 11.6 Å². The van der Waals surface area contributed by atoms with Gasteiger partial charge in [0.1, 0.15) is 0 Å². The van der Waals surface area contributed by atoms with Crippen molar-refractivity contribution in [3.8, 4) is 0 Å². The van der Waals surface area contributed by atoms with Gasteiger partial charge in [-0.25, -0.2) is 26.4 Å². The van der Waals surface area contributed by atoms with Crippen LogP contribution in [0.2, 0.25) is 5.02 Å². The van der Waals surface area contributed by atoms with Gasteiger partial charge >= 0.3 is 5.97 Å². The molecule has 0 bridgehead atoms. The van der Waals surface area contributed by atoms with Gasteiger partial charge < -0.3 is 4.74 Å². The summed E-state index contributed by atoms with van der Waals surface area (Å²) in [6.45, 7) is 1.15. The van der Waals surface area contributed by atoms with Crippen LogP contribution in [0.15, 0.2) is 18.2 Å². The van der Waals surface area contributed by atoms with Crippen LogP contribution < -0.4 is 9.03 Å². The Bertz CT molecular complexity index is 808. The molecule has 1 aromatic carbocycles. The van der Waals surface area contributed by atoms with E-state index in [4.69, 9.17) is 11.6 Å². The number of methoxy groups -OCH3 is 1. The highest BCUT2D eigenvalue weighted by atomic mass is 35.5. The zero-order chi connectivity index (χ0) is 18.5. The SMILES string of the molecule is CCS(=O)(=O)NCCN(c1cc(C(=O)OC)ccc1Cl)S(C)(=O)=O. The van der Waals surface area contributed by atoms with Gasteiger partial charge in [0.15, 0.2) is 0 Å². The van der Waals surface area contributed by atoms with Gasteiger partial charge in [-0.3, -0.25) is 4.31 Å². The highest BCUT2D eigenvalue weighted by Crippen LogP contribution is 2.29. The van der Waals surface area contributed by atoms with E-state index in [1.165, 1.54) is 32.2 Å². The Kier molecular flexibility index (Phi) is 7.02. The van der Waals surface area contributed by atoms with Gasteiger partial charge in [0.2, 0.25) is 20.0 Å². The highest BCUT2D eigenvalue weighted by molar-refractivity contribution is 7.92. The molecule has 0 aromatic heterocycles. The quantitative estimate of drug-likeness (QED) is 0.649. The smallest absolute Gasteiger partial charge is 0.337 e. The average Bonchev–Trinajstić information content (AvgIpc) is 2.50. The van der Waals surface area contributed by atoms with Crippen molar-refractivity contribution < 1.29 is 26.4 Å². The van der Waals surface area contributed by atoms with Crippen molar-refractivity contribution in [2.45, 2.75) is 6.92 Å². The molecule has 1 N–H and O–H groups in total. The summed E-state index contributed by atoms with van der Waals surface area (Å²) in [7, 11) is -6.01. The Morgan fingerprint density at radius 1 is 1.29 bits per heavy atom. The lowest BCUT2D eigenvalue weighted by Crippen LogP contribution is -2.38. The van der Waals surface area contributed by atoms with E-state index < -0.39 is 26.0 Å². The summed E-state index contributed by atoms with van der Waals surface area (Å²) >= 11 is 6.04. The van der Waals surface area contributed by atoms with E-state index in [1.54, 1.807) is 0 Å². The third kappa shape index (κ3) is 5.62. The molecule has 0 amide bonds. The van der Waals surface area contributed by atoms with E-state index in [9.17, 15) is 21.6 Å². The first kappa shape index (κ1) is 20.7. The van der Waals surface area contributed by atoms with Crippen LogP contribution in [0.4, 0.5) is 5.69 Å². The number of carbonyl (C=O) groups is 1. The van der Waals surface area contributed by atoms with Crippen molar-refractivity contribution in [1.29, 1.82) is 0 Å². The summed E-state index contributed by atoms with van der Waals surface area (Å²) in [4.78, 5) is 11.6. The van der Waals surface area contributed by atoms with Gasteiger partial charge in [-0.05, 0) is 25.1 Å². The average molecular weight is 399 g/mol. The van der Waals surface area contributed by atoms with E-state index in [-0.39, 0.29) is 35.1 Å². The first-order valence-electron chi connectivity index (χ1n) is 6.84. The van der Waals surface area contributed by atoms with Gasteiger partial charge in [0.25, 0.3) is 0 Å². The van der Waals surface area contributed by atoms with Crippen molar-refractivity contribution in [1.82, 2.24) is 4.72 Å². The van der Waals surface area contributed by atoms with Crippen LogP contribution in [-0.4, -0.2) is 55.0 Å². The minimum Gasteiger partial charge on any atom is -0.465 e. The second kappa shape index (κ2) is 8.15. The molecule has 1 rings (SSSR count). The third-order valence-corrected chi connectivity index (χ3v) is 5.96. The summed E-state index contributed by atoms with van der Waals surface area (Å²) < 4.78 is 54.8. The summed E-state index contributed by atoms with van der Waals surface area (Å²) in [5.41, 5.74) is 0.192. The molecule has 0 aliphatic carbocycles. The number of carbonyl (C=O) groups excluding carboxylic acids is 1. The number of halogens is 1. The third-order valence-electron chi connectivity index (χ3n) is 3.05. The zero-order valence-electron chi connectivity index (χ0n) is 13.4. The topological polar surface area (TPSA) is 110 Å². The zero-order valence-corrected chi connectivity index (χ0v) is 15.8. The lowest BCUT2D eigenvalue weighted by Gasteiger charge is -2.24. The highest BCUT2D eigenvalue weighted by Gasteiger charge is 2.22. The van der Waals surface area contributed by atoms with E-state index in [2.05, 4.69) is 9.46 Å². The number of ether oxygens (including phenoxy) is 1. The minimum atomic E-state index is -3.75. The van der Waals surface area contributed by atoms with Crippen LogP contribution in [0.25, 0.3) is 0 Å². The molecule has 136 valence electrons. The Morgan fingerprint density at radius 3 is 2.42 bits per heavy atom. The van der Waals surface area contributed by atoms with E-state index in [0.29, 0.717) is 0 Å². The number of sulfonamides is 2. The lowest BCUT2D eigenvalue weighted by atomic mass is 10.2. The van der Waals surface area contributed by atoms with Crippen LogP contribution in [0.1, 0.15) is 17.3 Å². The molecule has 0 spiro atoms. The van der Waals surface area contributed by atoms with Crippen molar-refractivity contribution in [2.75, 3.05) is 36.5 Å². The number of esters is 1.